The molecule has 2 unspecified atom stereocenters. The molecule has 2 N–H and O–H groups in total. The van der Waals surface area contributed by atoms with Gasteiger partial charge in [-0.25, -0.2) is 0 Å². The SMILES string of the molecule is CC(C)C1NCC2CNC=C21. The molecule has 0 bridgehead atoms. The van der Waals surface area contributed by atoms with Gasteiger partial charge in [-0.2, -0.15) is 0 Å². The van der Waals surface area contributed by atoms with Crippen molar-refractivity contribution in [3.63, 3.8) is 0 Å². The number of hydrogen-bond donors (Lipinski definition) is 2. The maximum Gasteiger partial charge on any atom is 0.0323 e. The summed E-state index contributed by atoms with van der Waals surface area (Å²) in [7, 11) is 0. The molecule has 2 aliphatic heterocycles. The zero-order chi connectivity index (χ0) is 7.84. The van der Waals surface area contributed by atoms with E-state index in [2.05, 4.69) is 30.7 Å². The molecule has 1 saturated heterocycles. The molecule has 0 aromatic carbocycles. The van der Waals surface area contributed by atoms with E-state index in [0.717, 1.165) is 18.4 Å². The van der Waals surface area contributed by atoms with Crippen molar-refractivity contribution in [3.8, 4) is 0 Å². The Morgan fingerprint density at radius 2 is 2.27 bits per heavy atom. The summed E-state index contributed by atoms with van der Waals surface area (Å²) in [6.45, 7) is 6.87. The van der Waals surface area contributed by atoms with E-state index in [0.29, 0.717) is 6.04 Å². The third-order valence-corrected chi connectivity index (χ3v) is 2.71. The van der Waals surface area contributed by atoms with E-state index in [4.69, 9.17) is 0 Å². The Bertz CT molecular complexity index is 184. The van der Waals surface area contributed by atoms with Gasteiger partial charge in [0.2, 0.25) is 0 Å². The van der Waals surface area contributed by atoms with E-state index in [-0.39, 0.29) is 0 Å². The van der Waals surface area contributed by atoms with Crippen molar-refractivity contribution in [2.24, 2.45) is 11.8 Å². The number of fused-ring (bicyclic) bond motifs is 1. The van der Waals surface area contributed by atoms with Crippen LogP contribution in [-0.4, -0.2) is 19.1 Å². The first-order valence-corrected chi connectivity index (χ1v) is 4.46. The van der Waals surface area contributed by atoms with Crippen molar-refractivity contribution >= 4 is 0 Å². The fourth-order valence-electron chi connectivity index (χ4n) is 2.10. The lowest BCUT2D eigenvalue weighted by molar-refractivity contribution is 0.497. The van der Waals surface area contributed by atoms with Crippen LogP contribution in [0.1, 0.15) is 13.8 Å². The summed E-state index contributed by atoms with van der Waals surface area (Å²) in [4.78, 5) is 0. The van der Waals surface area contributed by atoms with Crippen molar-refractivity contribution in [3.05, 3.63) is 11.8 Å². The zero-order valence-electron chi connectivity index (χ0n) is 7.22. The molecule has 11 heavy (non-hydrogen) atoms. The maximum atomic E-state index is 3.55. The fourth-order valence-corrected chi connectivity index (χ4v) is 2.10. The summed E-state index contributed by atoms with van der Waals surface area (Å²) in [6, 6.07) is 0.634. The Morgan fingerprint density at radius 3 is 3.00 bits per heavy atom. The second-order valence-corrected chi connectivity index (χ2v) is 3.88. The zero-order valence-corrected chi connectivity index (χ0v) is 7.22. The first-order chi connectivity index (χ1) is 5.29. The molecule has 2 atom stereocenters. The van der Waals surface area contributed by atoms with E-state index in [1.165, 1.54) is 6.54 Å². The lowest BCUT2D eigenvalue weighted by Crippen LogP contribution is -2.28. The first-order valence-electron chi connectivity index (χ1n) is 4.46. The third kappa shape index (κ3) is 1.06. The monoisotopic (exact) mass is 152 g/mol. The van der Waals surface area contributed by atoms with Crippen molar-refractivity contribution in [2.45, 2.75) is 19.9 Å². The third-order valence-electron chi connectivity index (χ3n) is 2.71. The molecule has 0 amide bonds. The summed E-state index contributed by atoms with van der Waals surface area (Å²) in [5.74, 6) is 1.51. The Kier molecular flexibility index (Phi) is 1.64. The van der Waals surface area contributed by atoms with Crippen molar-refractivity contribution in [2.75, 3.05) is 13.1 Å². The highest BCUT2D eigenvalue weighted by Crippen LogP contribution is 2.28. The smallest absolute Gasteiger partial charge is 0.0323 e. The second kappa shape index (κ2) is 2.52. The van der Waals surface area contributed by atoms with Crippen LogP contribution in [-0.2, 0) is 0 Å². The number of nitrogens with one attached hydrogen (secondary N) is 2. The fraction of sp³-hybridized carbons (Fsp3) is 0.778. The molecular formula is C9H16N2. The Morgan fingerprint density at radius 1 is 1.45 bits per heavy atom. The highest BCUT2D eigenvalue weighted by molar-refractivity contribution is 5.24. The Hall–Kier alpha value is -0.500. The molecule has 0 spiro atoms. The van der Waals surface area contributed by atoms with E-state index >= 15 is 0 Å². The molecule has 1 fully saturated rings. The summed E-state index contributed by atoms with van der Waals surface area (Å²) in [5.41, 5.74) is 1.60. The molecule has 62 valence electrons. The average molecular weight is 152 g/mol. The molecule has 2 aliphatic rings. The van der Waals surface area contributed by atoms with Gasteiger partial charge in [0.15, 0.2) is 0 Å². The van der Waals surface area contributed by atoms with Crippen LogP contribution in [0.4, 0.5) is 0 Å². The normalized spacial score (nSPS) is 35.4. The maximum absolute atomic E-state index is 3.55. The van der Waals surface area contributed by atoms with Crippen molar-refractivity contribution < 1.29 is 0 Å². The van der Waals surface area contributed by atoms with Crippen LogP contribution in [0, 0.1) is 11.8 Å². The largest absolute Gasteiger partial charge is 0.390 e. The second-order valence-electron chi connectivity index (χ2n) is 3.88. The van der Waals surface area contributed by atoms with Crippen molar-refractivity contribution in [1.82, 2.24) is 10.6 Å². The van der Waals surface area contributed by atoms with Gasteiger partial charge >= 0.3 is 0 Å². The van der Waals surface area contributed by atoms with Crippen LogP contribution in [0.25, 0.3) is 0 Å². The highest BCUT2D eigenvalue weighted by atomic mass is 15.0. The lowest BCUT2D eigenvalue weighted by atomic mass is 9.94. The first kappa shape index (κ1) is 7.17. The molecular weight excluding hydrogens is 136 g/mol. The van der Waals surface area contributed by atoms with Gasteiger partial charge in [-0.3, -0.25) is 0 Å². The quantitative estimate of drug-likeness (QED) is 0.578. The molecule has 0 aromatic heterocycles. The van der Waals surface area contributed by atoms with E-state index < -0.39 is 0 Å². The van der Waals surface area contributed by atoms with Gasteiger partial charge in [-0.1, -0.05) is 13.8 Å². The van der Waals surface area contributed by atoms with Gasteiger partial charge in [-0.15, -0.1) is 0 Å². The standard InChI is InChI=1S/C9H16N2/c1-6(2)9-8-5-10-3-7(8)4-11-9/h5-7,9-11H,3-4H2,1-2H3. The van der Waals surface area contributed by atoms with Gasteiger partial charge in [0.25, 0.3) is 0 Å². The van der Waals surface area contributed by atoms with Crippen LogP contribution >= 0.6 is 0 Å². The van der Waals surface area contributed by atoms with Crippen LogP contribution in [0.2, 0.25) is 0 Å². The Labute approximate surface area is 68.1 Å². The topological polar surface area (TPSA) is 24.1 Å². The van der Waals surface area contributed by atoms with Gasteiger partial charge < -0.3 is 10.6 Å². The van der Waals surface area contributed by atoms with Crippen LogP contribution in [0.5, 0.6) is 0 Å². The minimum atomic E-state index is 0.634. The summed E-state index contributed by atoms with van der Waals surface area (Å²) in [6.07, 6.45) is 2.20. The molecule has 2 heteroatoms. The predicted molar refractivity (Wildman–Crippen MR) is 46.2 cm³/mol. The van der Waals surface area contributed by atoms with Crippen LogP contribution in [0.3, 0.4) is 0 Å². The van der Waals surface area contributed by atoms with E-state index in [1.54, 1.807) is 5.57 Å². The number of rotatable bonds is 1. The Balaban J connectivity index is 2.14. The van der Waals surface area contributed by atoms with Gasteiger partial charge in [-0.05, 0) is 17.7 Å². The minimum Gasteiger partial charge on any atom is -0.390 e. The lowest BCUT2D eigenvalue weighted by Gasteiger charge is -2.15. The van der Waals surface area contributed by atoms with Gasteiger partial charge in [0, 0.05) is 25.0 Å². The summed E-state index contributed by atoms with van der Waals surface area (Å²) >= 11 is 0. The molecule has 2 rings (SSSR count). The van der Waals surface area contributed by atoms with Crippen molar-refractivity contribution in [1.29, 1.82) is 0 Å². The molecule has 0 aromatic rings. The molecule has 0 radical (unpaired) electrons. The van der Waals surface area contributed by atoms with Crippen LogP contribution < -0.4 is 10.6 Å². The van der Waals surface area contributed by atoms with E-state index in [9.17, 15) is 0 Å². The molecule has 2 heterocycles. The predicted octanol–water partition coefficient (Wildman–Crippen LogP) is 0.717. The number of hydrogen-bond acceptors (Lipinski definition) is 2. The minimum absolute atomic E-state index is 0.634. The van der Waals surface area contributed by atoms with Gasteiger partial charge in [0.05, 0.1) is 0 Å². The molecule has 0 saturated carbocycles. The van der Waals surface area contributed by atoms with E-state index in [1.807, 2.05) is 0 Å². The average Bonchev–Trinajstić information content (AvgIpc) is 2.41. The highest BCUT2D eigenvalue weighted by Gasteiger charge is 2.33. The summed E-state index contributed by atoms with van der Waals surface area (Å²) < 4.78 is 0. The van der Waals surface area contributed by atoms with Gasteiger partial charge in [0.1, 0.15) is 0 Å². The van der Waals surface area contributed by atoms with Crippen LogP contribution in [0.15, 0.2) is 11.8 Å². The molecule has 2 nitrogen and oxygen atoms in total. The molecule has 0 aliphatic carbocycles. The summed E-state index contributed by atoms with van der Waals surface area (Å²) in [5, 5.41) is 6.86.